The number of carbonyl (C=O) groups excluding carboxylic acids is 2. The van der Waals surface area contributed by atoms with Crippen molar-refractivity contribution < 1.29 is 9.59 Å². The van der Waals surface area contributed by atoms with Gasteiger partial charge in [0.1, 0.15) is 0 Å². The molecule has 0 bridgehead atoms. The molecule has 4 nitrogen and oxygen atoms in total. The fraction of sp³-hybridized carbons (Fsp3) is 0.333. The van der Waals surface area contributed by atoms with Gasteiger partial charge in [-0.3, -0.25) is 9.59 Å². The van der Waals surface area contributed by atoms with E-state index in [0.29, 0.717) is 22.9 Å². The van der Waals surface area contributed by atoms with E-state index >= 15 is 0 Å². The Morgan fingerprint density at radius 3 is 2.12 bits per heavy atom. The standard InChI is InChI=1S/C21H23BrN2O2/c1-24(19-5-3-2-4-6-19)21(26)16-9-13-18(14-10-16)23-20(25)15-7-11-17(22)12-8-15/h7-14,19H,2-6H2,1H3,(H,23,25). The molecular formula is C21H23BrN2O2. The minimum absolute atomic E-state index is 0.0442. The Labute approximate surface area is 162 Å². The predicted octanol–water partition coefficient (Wildman–Crippen LogP) is 5.11. The maximum absolute atomic E-state index is 12.7. The molecule has 0 heterocycles. The number of anilines is 1. The molecular weight excluding hydrogens is 392 g/mol. The summed E-state index contributed by atoms with van der Waals surface area (Å²) in [5.74, 6) is -0.126. The first-order chi connectivity index (χ1) is 12.5. The summed E-state index contributed by atoms with van der Waals surface area (Å²) in [6, 6.07) is 14.6. The second-order valence-corrected chi connectivity index (χ2v) is 7.66. The minimum atomic E-state index is -0.170. The summed E-state index contributed by atoms with van der Waals surface area (Å²) in [5, 5.41) is 2.86. The average molecular weight is 415 g/mol. The van der Waals surface area contributed by atoms with E-state index in [4.69, 9.17) is 0 Å². The molecule has 1 fully saturated rings. The molecule has 2 amide bonds. The Morgan fingerprint density at radius 2 is 1.50 bits per heavy atom. The van der Waals surface area contributed by atoms with Gasteiger partial charge in [-0.25, -0.2) is 0 Å². The number of nitrogens with zero attached hydrogens (tertiary/aromatic N) is 1. The molecule has 1 aliphatic rings. The summed E-state index contributed by atoms with van der Waals surface area (Å²) in [6.07, 6.45) is 5.84. The van der Waals surface area contributed by atoms with Crippen LogP contribution in [-0.2, 0) is 0 Å². The van der Waals surface area contributed by atoms with Crippen LogP contribution in [0.3, 0.4) is 0 Å². The summed E-state index contributed by atoms with van der Waals surface area (Å²) >= 11 is 3.36. The zero-order valence-corrected chi connectivity index (χ0v) is 16.5. The molecule has 0 aliphatic heterocycles. The maximum Gasteiger partial charge on any atom is 0.255 e. The maximum atomic E-state index is 12.7. The Bertz CT molecular complexity index is 766. The van der Waals surface area contributed by atoms with Gasteiger partial charge in [0.05, 0.1) is 0 Å². The van der Waals surface area contributed by atoms with Crippen molar-refractivity contribution >= 4 is 33.4 Å². The van der Waals surface area contributed by atoms with Crippen LogP contribution in [0.25, 0.3) is 0 Å². The van der Waals surface area contributed by atoms with Crippen molar-refractivity contribution in [1.29, 1.82) is 0 Å². The van der Waals surface area contributed by atoms with Crippen molar-refractivity contribution in [3.63, 3.8) is 0 Å². The first-order valence-electron chi connectivity index (χ1n) is 8.99. The third kappa shape index (κ3) is 4.52. The van der Waals surface area contributed by atoms with Gasteiger partial charge in [-0.05, 0) is 61.4 Å². The number of benzene rings is 2. The summed E-state index contributed by atoms with van der Waals surface area (Å²) < 4.78 is 0.930. The number of carbonyl (C=O) groups is 2. The SMILES string of the molecule is CN(C(=O)c1ccc(NC(=O)c2ccc(Br)cc2)cc1)C1CCCCC1. The summed E-state index contributed by atoms with van der Waals surface area (Å²) in [6.45, 7) is 0. The van der Waals surface area contributed by atoms with Gasteiger partial charge in [0.2, 0.25) is 0 Å². The van der Waals surface area contributed by atoms with Crippen molar-refractivity contribution in [3.05, 3.63) is 64.1 Å². The number of halogens is 1. The van der Waals surface area contributed by atoms with E-state index in [0.717, 1.165) is 17.3 Å². The quantitative estimate of drug-likeness (QED) is 0.755. The number of hydrogen-bond acceptors (Lipinski definition) is 2. The van der Waals surface area contributed by atoms with E-state index < -0.39 is 0 Å². The van der Waals surface area contributed by atoms with E-state index in [1.165, 1.54) is 19.3 Å². The highest BCUT2D eigenvalue weighted by Gasteiger charge is 2.22. The van der Waals surface area contributed by atoms with Gasteiger partial charge in [0, 0.05) is 34.4 Å². The highest BCUT2D eigenvalue weighted by atomic mass is 79.9. The zero-order valence-electron chi connectivity index (χ0n) is 14.9. The van der Waals surface area contributed by atoms with Crippen LogP contribution < -0.4 is 5.32 Å². The topological polar surface area (TPSA) is 49.4 Å². The van der Waals surface area contributed by atoms with Crippen LogP contribution in [0, 0.1) is 0 Å². The summed E-state index contributed by atoms with van der Waals surface area (Å²) in [7, 11) is 1.89. The normalized spacial score (nSPS) is 14.7. The molecule has 0 saturated heterocycles. The highest BCUT2D eigenvalue weighted by Crippen LogP contribution is 2.23. The molecule has 1 saturated carbocycles. The largest absolute Gasteiger partial charge is 0.339 e. The van der Waals surface area contributed by atoms with Gasteiger partial charge in [0.25, 0.3) is 11.8 Å². The molecule has 3 rings (SSSR count). The van der Waals surface area contributed by atoms with Crippen LogP contribution in [-0.4, -0.2) is 29.8 Å². The second kappa shape index (κ2) is 8.49. The van der Waals surface area contributed by atoms with Gasteiger partial charge in [-0.2, -0.15) is 0 Å². The van der Waals surface area contributed by atoms with E-state index in [2.05, 4.69) is 21.2 Å². The highest BCUT2D eigenvalue weighted by molar-refractivity contribution is 9.10. The van der Waals surface area contributed by atoms with Crippen LogP contribution >= 0.6 is 15.9 Å². The fourth-order valence-electron chi connectivity index (χ4n) is 3.34. The Morgan fingerprint density at radius 1 is 0.923 bits per heavy atom. The first-order valence-corrected chi connectivity index (χ1v) is 9.78. The van der Waals surface area contributed by atoms with Gasteiger partial charge in [-0.1, -0.05) is 35.2 Å². The Hall–Kier alpha value is -2.14. The lowest BCUT2D eigenvalue weighted by Crippen LogP contribution is -2.38. The van der Waals surface area contributed by atoms with Gasteiger partial charge in [0.15, 0.2) is 0 Å². The molecule has 1 aliphatic carbocycles. The van der Waals surface area contributed by atoms with Gasteiger partial charge < -0.3 is 10.2 Å². The number of amides is 2. The van der Waals surface area contributed by atoms with Gasteiger partial charge >= 0.3 is 0 Å². The van der Waals surface area contributed by atoms with Crippen LogP contribution in [0.15, 0.2) is 53.0 Å². The molecule has 2 aromatic rings. The lowest BCUT2D eigenvalue weighted by molar-refractivity contribution is 0.0696. The molecule has 0 spiro atoms. The number of nitrogens with one attached hydrogen (secondary N) is 1. The second-order valence-electron chi connectivity index (χ2n) is 6.75. The van der Waals surface area contributed by atoms with E-state index in [-0.39, 0.29) is 11.8 Å². The van der Waals surface area contributed by atoms with Crippen molar-refractivity contribution in [2.24, 2.45) is 0 Å². The van der Waals surface area contributed by atoms with Crippen LogP contribution in [0.2, 0.25) is 0 Å². The van der Waals surface area contributed by atoms with E-state index in [9.17, 15) is 9.59 Å². The molecule has 0 atom stereocenters. The average Bonchev–Trinajstić information content (AvgIpc) is 2.68. The van der Waals surface area contributed by atoms with E-state index in [1.54, 1.807) is 36.4 Å². The molecule has 2 aromatic carbocycles. The fourth-order valence-corrected chi connectivity index (χ4v) is 3.60. The number of rotatable bonds is 4. The van der Waals surface area contributed by atoms with Crippen molar-refractivity contribution in [2.45, 2.75) is 38.1 Å². The lowest BCUT2D eigenvalue weighted by Gasteiger charge is -2.31. The molecule has 26 heavy (non-hydrogen) atoms. The lowest BCUT2D eigenvalue weighted by atomic mass is 9.94. The van der Waals surface area contributed by atoms with E-state index in [1.807, 2.05) is 24.1 Å². The number of hydrogen-bond donors (Lipinski definition) is 1. The molecule has 0 unspecified atom stereocenters. The molecule has 1 N–H and O–H groups in total. The predicted molar refractivity (Wildman–Crippen MR) is 108 cm³/mol. The smallest absolute Gasteiger partial charge is 0.255 e. The zero-order chi connectivity index (χ0) is 18.5. The Kier molecular flexibility index (Phi) is 6.09. The van der Waals surface area contributed by atoms with Crippen LogP contribution in [0.5, 0.6) is 0 Å². The van der Waals surface area contributed by atoms with Crippen LogP contribution in [0.1, 0.15) is 52.8 Å². The summed E-state index contributed by atoms with van der Waals surface area (Å²) in [4.78, 5) is 26.8. The van der Waals surface area contributed by atoms with Crippen LogP contribution in [0.4, 0.5) is 5.69 Å². The van der Waals surface area contributed by atoms with Crippen molar-refractivity contribution in [2.75, 3.05) is 12.4 Å². The third-order valence-electron chi connectivity index (χ3n) is 4.94. The van der Waals surface area contributed by atoms with Gasteiger partial charge in [-0.15, -0.1) is 0 Å². The first kappa shape index (κ1) is 18.6. The summed E-state index contributed by atoms with van der Waals surface area (Å²) in [5.41, 5.74) is 1.92. The molecule has 136 valence electrons. The van der Waals surface area contributed by atoms with Crippen molar-refractivity contribution in [3.8, 4) is 0 Å². The monoisotopic (exact) mass is 414 g/mol. The van der Waals surface area contributed by atoms with Crippen molar-refractivity contribution in [1.82, 2.24) is 4.90 Å². The Balaban J connectivity index is 1.63. The molecule has 0 aromatic heterocycles. The third-order valence-corrected chi connectivity index (χ3v) is 5.47. The molecule has 0 radical (unpaired) electrons. The molecule has 5 heteroatoms. The minimum Gasteiger partial charge on any atom is -0.339 e.